The number of rotatable bonds is 3. The fourth-order valence-corrected chi connectivity index (χ4v) is 4.50. The molecular formula is C15H19N3S. The van der Waals surface area contributed by atoms with Gasteiger partial charge in [0.15, 0.2) is 0 Å². The van der Waals surface area contributed by atoms with Crippen molar-refractivity contribution < 1.29 is 0 Å². The first-order valence-electron chi connectivity index (χ1n) is 6.86. The van der Waals surface area contributed by atoms with Crippen molar-refractivity contribution >= 4 is 17.4 Å². The van der Waals surface area contributed by atoms with Gasteiger partial charge in [-0.2, -0.15) is 5.26 Å². The van der Waals surface area contributed by atoms with Gasteiger partial charge in [-0.3, -0.25) is 5.32 Å². The van der Waals surface area contributed by atoms with Gasteiger partial charge in [-0.15, -0.1) is 0 Å². The van der Waals surface area contributed by atoms with E-state index in [4.69, 9.17) is 5.26 Å². The minimum atomic E-state index is 0.413. The van der Waals surface area contributed by atoms with Crippen molar-refractivity contribution in [2.24, 2.45) is 5.92 Å². The Balaban J connectivity index is 1.85. The molecule has 0 aliphatic carbocycles. The molecule has 1 N–H and O–H groups in total. The number of benzene rings is 1. The summed E-state index contributed by atoms with van der Waals surface area (Å²) in [4.78, 5) is 2.47. The van der Waals surface area contributed by atoms with Crippen molar-refractivity contribution in [2.45, 2.75) is 44.1 Å². The number of thioether (sulfide) groups is 1. The van der Waals surface area contributed by atoms with Crippen molar-refractivity contribution in [2.75, 3.05) is 4.90 Å². The van der Waals surface area contributed by atoms with Crippen molar-refractivity contribution in [3.05, 3.63) is 29.3 Å². The van der Waals surface area contributed by atoms with Crippen LogP contribution in [0.4, 0.5) is 5.69 Å². The maximum Gasteiger partial charge on any atom is 0.131 e. The number of nitrogens with one attached hydrogen (secondary N) is 1. The lowest BCUT2D eigenvalue weighted by molar-refractivity contribution is 0.422. The van der Waals surface area contributed by atoms with Crippen molar-refractivity contribution in [1.29, 1.82) is 5.26 Å². The number of hydrogen-bond acceptors (Lipinski definition) is 4. The van der Waals surface area contributed by atoms with Crippen LogP contribution in [0, 0.1) is 24.2 Å². The molecule has 0 spiro atoms. The Bertz CT molecular complexity index is 537. The molecule has 0 radical (unpaired) electrons. The van der Waals surface area contributed by atoms with Gasteiger partial charge < -0.3 is 4.90 Å². The van der Waals surface area contributed by atoms with E-state index in [1.54, 1.807) is 0 Å². The SMILES string of the molecule is CCC(C)C1NC2SC1N2c1ccc(C#N)cc1C. The highest BCUT2D eigenvalue weighted by Gasteiger charge is 2.53. The molecule has 0 aromatic heterocycles. The Hall–Kier alpha value is -1.18. The van der Waals surface area contributed by atoms with E-state index in [1.807, 2.05) is 23.9 Å². The van der Waals surface area contributed by atoms with Crippen LogP contribution in [0.25, 0.3) is 0 Å². The summed E-state index contributed by atoms with van der Waals surface area (Å²) >= 11 is 2.02. The summed E-state index contributed by atoms with van der Waals surface area (Å²) in [5.74, 6) is 0.700. The van der Waals surface area contributed by atoms with Crippen molar-refractivity contribution in [3.63, 3.8) is 0 Å². The number of fused-ring (bicyclic) bond motifs is 1. The molecule has 4 rings (SSSR count). The van der Waals surface area contributed by atoms with Gasteiger partial charge in [0.25, 0.3) is 0 Å². The lowest BCUT2D eigenvalue weighted by Crippen LogP contribution is -2.47. The van der Waals surface area contributed by atoms with E-state index in [-0.39, 0.29) is 0 Å². The first-order chi connectivity index (χ1) is 9.15. The van der Waals surface area contributed by atoms with Crippen LogP contribution in [0.2, 0.25) is 0 Å². The van der Waals surface area contributed by atoms with Crippen LogP contribution in [0.3, 0.4) is 0 Å². The van der Waals surface area contributed by atoms with Gasteiger partial charge in [0, 0.05) is 11.7 Å². The minimum absolute atomic E-state index is 0.413. The predicted octanol–water partition coefficient (Wildman–Crippen LogP) is 3.05. The summed E-state index contributed by atoms with van der Waals surface area (Å²) in [5.41, 5.74) is 3.62. The third-order valence-corrected chi connectivity index (χ3v) is 5.72. The van der Waals surface area contributed by atoms with Gasteiger partial charge >= 0.3 is 0 Å². The molecule has 3 aliphatic rings. The van der Waals surface area contributed by atoms with E-state index in [1.165, 1.54) is 17.7 Å². The fourth-order valence-electron chi connectivity index (χ4n) is 2.94. The summed E-state index contributed by atoms with van der Waals surface area (Å²) in [5, 5.41) is 13.2. The third-order valence-electron chi connectivity index (χ3n) is 4.30. The largest absolute Gasteiger partial charge is 0.333 e. The van der Waals surface area contributed by atoms with Crippen LogP contribution in [0.1, 0.15) is 31.4 Å². The lowest BCUT2D eigenvalue weighted by Gasteiger charge is -2.42. The molecule has 4 unspecified atom stereocenters. The van der Waals surface area contributed by atoms with Crippen LogP contribution >= 0.6 is 11.8 Å². The van der Waals surface area contributed by atoms with Gasteiger partial charge in [-0.05, 0) is 36.6 Å². The molecule has 4 atom stereocenters. The maximum absolute atomic E-state index is 8.95. The van der Waals surface area contributed by atoms with E-state index < -0.39 is 0 Å². The Morgan fingerprint density at radius 2 is 2.32 bits per heavy atom. The first-order valence-corrected chi connectivity index (χ1v) is 7.80. The molecule has 0 saturated carbocycles. The van der Waals surface area contributed by atoms with E-state index in [9.17, 15) is 0 Å². The average Bonchev–Trinajstić information content (AvgIpc) is 2.99. The Kier molecular flexibility index (Phi) is 3.20. The normalized spacial score (nSPS) is 29.8. The summed E-state index contributed by atoms with van der Waals surface area (Å²) in [6, 6.07) is 8.78. The van der Waals surface area contributed by atoms with Crippen LogP contribution in [-0.2, 0) is 0 Å². The zero-order chi connectivity index (χ0) is 13.6. The number of nitrogens with zero attached hydrogens (tertiary/aromatic N) is 2. The molecule has 1 aromatic rings. The van der Waals surface area contributed by atoms with Gasteiger partial charge in [-0.1, -0.05) is 32.0 Å². The van der Waals surface area contributed by atoms with E-state index in [0.717, 1.165) is 5.56 Å². The Labute approximate surface area is 119 Å². The molecule has 100 valence electrons. The average molecular weight is 273 g/mol. The topological polar surface area (TPSA) is 39.1 Å². The second-order valence-corrected chi connectivity index (χ2v) is 6.68. The second kappa shape index (κ2) is 4.73. The highest BCUT2D eigenvalue weighted by atomic mass is 32.2. The van der Waals surface area contributed by atoms with E-state index in [0.29, 0.717) is 22.8 Å². The third kappa shape index (κ3) is 1.92. The van der Waals surface area contributed by atoms with Gasteiger partial charge in [-0.25, -0.2) is 0 Å². The molecular weight excluding hydrogens is 254 g/mol. The molecule has 3 heterocycles. The van der Waals surface area contributed by atoms with Crippen LogP contribution < -0.4 is 10.2 Å². The van der Waals surface area contributed by atoms with Crippen LogP contribution in [0.15, 0.2) is 18.2 Å². The lowest BCUT2D eigenvalue weighted by atomic mass is 9.99. The van der Waals surface area contributed by atoms with Gasteiger partial charge in [0.1, 0.15) is 5.50 Å². The predicted molar refractivity (Wildman–Crippen MR) is 79.9 cm³/mol. The molecule has 19 heavy (non-hydrogen) atoms. The standard InChI is InChI=1S/C15H19N3S/c1-4-9(2)13-14-18(15(17-13)19-14)12-6-5-11(8-16)7-10(12)3/h5-7,9,13-15,17H,4H2,1-3H3. The highest BCUT2D eigenvalue weighted by Crippen LogP contribution is 2.49. The summed E-state index contributed by atoms with van der Waals surface area (Å²) in [6.45, 7) is 6.67. The fraction of sp³-hybridized carbons (Fsp3) is 0.533. The molecule has 3 saturated heterocycles. The molecule has 3 nitrogen and oxygen atoms in total. The zero-order valence-corrected chi connectivity index (χ0v) is 12.4. The minimum Gasteiger partial charge on any atom is -0.333 e. The first kappa shape index (κ1) is 12.8. The smallest absolute Gasteiger partial charge is 0.131 e. The Morgan fingerprint density at radius 3 is 2.95 bits per heavy atom. The quantitative estimate of drug-likeness (QED) is 0.918. The summed E-state index contributed by atoms with van der Waals surface area (Å²) in [7, 11) is 0. The van der Waals surface area contributed by atoms with Crippen molar-refractivity contribution in [3.8, 4) is 6.07 Å². The molecule has 1 aromatic carbocycles. The van der Waals surface area contributed by atoms with E-state index >= 15 is 0 Å². The maximum atomic E-state index is 8.95. The summed E-state index contributed by atoms with van der Waals surface area (Å²) in [6.07, 6.45) is 1.21. The van der Waals surface area contributed by atoms with Gasteiger partial charge in [0.2, 0.25) is 0 Å². The zero-order valence-electron chi connectivity index (χ0n) is 11.6. The highest BCUT2D eigenvalue weighted by molar-refractivity contribution is 8.02. The summed E-state index contributed by atoms with van der Waals surface area (Å²) < 4.78 is 0. The number of anilines is 1. The second-order valence-electron chi connectivity index (χ2n) is 5.48. The number of nitriles is 1. The van der Waals surface area contributed by atoms with E-state index in [2.05, 4.69) is 43.1 Å². The molecule has 3 aliphatic heterocycles. The molecule has 0 amide bonds. The van der Waals surface area contributed by atoms with Crippen LogP contribution in [-0.4, -0.2) is 16.9 Å². The molecule has 4 heteroatoms. The Morgan fingerprint density at radius 1 is 1.53 bits per heavy atom. The van der Waals surface area contributed by atoms with Crippen LogP contribution in [0.5, 0.6) is 0 Å². The molecule has 2 bridgehead atoms. The number of aryl methyl sites for hydroxylation is 1. The number of hydrogen-bond donors (Lipinski definition) is 1. The monoisotopic (exact) mass is 273 g/mol. The molecule has 3 fully saturated rings. The van der Waals surface area contributed by atoms with Crippen molar-refractivity contribution in [1.82, 2.24) is 5.32 Å². The van der Waals surface area contributed by atoms with Gasteiger partial charge in [0.05, 0.1) is 17.0 Å².